The molecule has 2 aromatic rings. The van der Waals surface area contributed by atoms with Crippen LogP contribution in [0.2, 0.25) is 0 Å². The first-order valence-electron chi connectivity index (χ1n) is 8.82. The number of nitrogens with zero attached hydrogens (tertiary/aromatic N) is 1. The number of thiazole rings is 1. The summed E-state index contributed by atoms with van der Waals surface area (Å²) in [5.41, 5.74) is 0.935. The number of hydrogen-bond acceptors (Lipinski definition) is 7. The van der Waals surface area contributed by atoms with Crippen LogP contribution < -0.4 is 10.2 Å². The minimum atomic E-state index is -1.67. The van der Waals surface area contributed by atoms with Gasteiger partial charge in [0.15, 0.2) is 0 Å². The molecule has 0 bridgehead atoms. The lowest BCUT2D eigenvalue weighted by Crippen LogP contribution is -2.32. The van der Waals surface area contributed by atoms with Gasteiger partial charge in [0.25, 0.3) is 0 Å². The van der Waals surface area contributed by atoms with E-state index in [9.17, 15) is 14.8 Å². The Balaban J connectivity index is 2.34. The molecule has 0 amide bonds. The van der Waals surface area contributed by atoms with Gasteiger partial charge in [-0.1, -0.05) is 13.8 Å². The topological polar surface area (TPSA) is 88.9 Å². The van der Waals surface area contributed by atoms with Gasteiger partial charge in [-0.15, -0.1) is 11.3 Å². The third kappa shape index (κ3) is 5.79. The molecular weight excluding hydrogens is 365 g/mol. The normalized spacial score (nSPS) is 11.6. The van der Waals surface area contributed by atoms with E-state index in [2.05, 4.69) is 4.98 Å². The highest BCUT2D eigenvalue weighted by Gasteiger charge is 2.24. The van der Waals surface area contributed by atoms with Crippen molar-refractivity contribution in [3.63, 3.8) is 0 Å². The highest BCUT2D eigenvalue weighted by atomic mass is 32.1. The molecular formula is C19H26BNO5S. The van der Waals surface area contributed by atoms with Crippen molar-refractivity contribution in [2.75, 3.05) is 6.61 Å². The number of aryl methyl sites for hydroxylation is 1. The van der Waals surface area contributed by atoms with Crippen molar-refractivity contribution in [2.24, 2.45) is 5.92 Å². The second-order valence-electron chi connectivity index (χ2n) is 7.77. The van der Waals surface area contributed by atoms with Crippen molar-refractivity contribution in [3.8, 4) is 16.3 Å². The molecule has 2 N–H and O–H groups in total. The van der Waals surface area contributed by atoms with Crippen molar-refractivity contribution in [2.45, 2.75) is 47.1 Å². The standard InChI is InChI=1S/C19H26BNO5S/c1-11(2)10-25-15-8-7-13(9-14(15)20(23)24)17-21-12(3)16(27-17)18(22)26-19(4,5)6/h7-9,11,23-24H,10H2,1-6H3. The van der Waals surface area contributed by atoms with E-state index in [0.717, 1.165) is 0 Å². The number of rotatable bonds is 6. The van der Waals surface area contributed by atoms with Gasteiger partial charge in [0, 0.05) is 11.0 Å². The molecule has 0 saturated carbocycles. The van der Waals surface area contributed by atoms with Gasteiger partial charge in [-0.3, -0.25) is 0 Å². The zero-order chi connectivity index (χ0) is 20.4. The van der Waals surface area contributed by atoms with Crippen LogP contribution in [0.4, 0.5) is 0 Å². The molecule has 0 aliphatic carbocycles. The molecule has 0 spiro atoms. The summed E-state index contributed by atoms with van der Waals surface area (Å²) in [5.74, 6) is 0.317. The van der Waals surface area contributed by atoms with Crippen LogP contribution in [0.5, 0.6) is 5.75 Å². The molecule has 0 aliphatic rings. The van der Waals surface area contributed by atoms with Crippen molar-refractivity contribution in [1.82, 2.24) is 4.98 Å². The predicted molar refractivity (Wildman–Crippen MR) is 108 cm³/mol. The van der Waals surface area contributed by atoms with Gasteiger partial charge < -0.3 is 19.5 Å². The molecule has 0 radical (unpaired) electrons. The van der Waals surface area contributed by atoms with E-state index in [0.29, 0.717) is 39.4 Å². The Bertz CT molecular complexity index is 811. The lowest BCUT2D eigenvalue weighted by Gasteiger charge is -2.18. The quantitative estimate of drug-likeness (QED) is 0.582. The molecule has 0 unspecified atom stereocenters. The predicted octanol–water partition coefficient (Wildman–Crippen LogP) is 2.79. The van der Waals surface area contributed by atoms with Crippen LogP contribution in [-0.4, -0.2) is 40.3 Å². The van der Waals surface area contributed by atoms with Gasteiger partial charge in [0.2, 0.25) is 0 Å². The third-order valence-corrected chi connectivity index (χ3v) is 4.67. The van der Waals surface area contributed by atoms with Crippen molar-refractivity contribution in [1.29, 1.82) is 0 Å². The van der Waals surface area contributed by atoms with E-state index in [4.69, 9.17) is 9.47 Å². The molecule has 146 valence electrons. The number of hydrogen-bond donors (Lipinski definition) is 2. The highest BCUT2D eigenvalue weighted by Crippen LogP contribution is 2.30. The Morgan fingerprint density at radius 2 is 1.96 bits per heavy atom. The second-order valence-corrected chi connectivity index (χ2v) is 8.77. The van der Waals surface area contributed by atoms with E-state index in [1.807, 2.05) is 34.6 Å². The van der Waals surface area contributed by atoms with E-state index in [1.165, 1.54) is 11.3 Å². The summed E-state index contributed by atoms with van der Waals surface area (Å²) in [6, 6.07) is 5.10. The molecule has 1 aromatic carbocycles. The third-order valence-electron chi connectivity index (χ3n) is 3.49. The van der Waals surface area contributed by atoms with Gasteiger partial charge in [0.05, 0.1) is 12.3 Å². The zero-order valence-electron chi connectivity index (χ0n) is 16.6. The molecule has 6 nitrogen and oxygen atoms in total. The zero-order valence-corrected chi connectivity index (χ0v) is 17.4. The first-order chi connectivity index (χ1) is 12.5. The smallest absolute Gasteiger partial charge is 0.492 e. The fourth-order valence-corrected chi connectivity index (χ4v) is 3.24. The maximum Gasteiger partial charge on any atom is 0.492 e. The summed E-state index contributed by atoms with van der Waals surface area (Å²) in [4.78, 5) is 17.2. The van der Waals surface area contributed by atoms with E-state index in [-0.39, 0.29) is 5.46 Å². The Morgan fingerprint density at radius 1 is 1.30 bits per heavy atom. The number of aromatic nitrogens is 1. The number of esters is 1. The van der Waals surface area contributed by atoms with E-state index >= 15 is 0 Å². The molecule has 8 heteroatoms. The van der Waals surface area contributed by atoms with Crippen LogP contribution in [-0.2, 0) is 4.74 Å². The summed E-state index contributed by atoms with van der Waals surface area (Å²) < 4.78 is 11.1. The Hall–Kier alpha value is -1.90. The van der Waals surface area contributed by atoms with Crippen molar-refractivity contribution >= 4 is 29.9 Å². The first kappa shape index (κ1) is 21.4. The van der Waals surface area contributed by atoms with Crippen LogP contribution in [0.25, 0.3) is 10.6 Å². The summed E-state index contributed by atoms with van der Waals surface area (Å²) in [7, 11) is -1.67. The lowest BCUT2D eigenvalue weighted by atomic mass is 9.78. The summed E-state index contributed by atoms with van der Waals surface area (Å²) in [6.45, 7) is 11.7. The van der Waals surface area contributed by atoms with Crippen LogP contribution >= 0.6 is 11.3 Å². The summed E-state index contributed by atoms with van der Waals surface area (Å²) >= 11 is 1.22. The maximum absolute atomic E-state index is 12.4. The van der Waals surface area contributed by atoms with Crippen LogP contribution in [0.15, 0.2) is 18.2 Å². The molecule has 1 heterocycles. The van der Waals surface area contributed by atoms with Gasteiger partial charge in [-0.05, 0) is 51.8 Å². The second kappa shape index (κ2) is 8.41. The molecule has 1 aromatic heterocycles. The lowest BCUT2D eigenvalue weighted by molar-refractivity contribution is 0.00742. The average molecular weight is 391 g/mol. The van der Waals surface area contributed by atoms with Crippen LogP contribution in [0.3, 0.4) is 0 Å². The monoisotopic (exact) mass is 391 g/mol. The SMILES string of the molecule is Cc1nc(-c2ccc(OCC(C)C)c(B(O)O)c2)sc1C(=O)OC(C)(C)C. The van der Waals surface area contributed by atoms with Crippen LogP contribution in [0.1, 0.15) is 50.0 Å². The number of benzene rings is 1. The molecule has 0 saturated heterocycles. The Kier molecular flexibility index (Phi) is 6.67. The number of ether oxygens (including phenoxy) is 2. The number of carbonyl (C=O) groups excluding carboxylic acids is 1. The minimum Gasteiger partial charge on any atom is -0.494 e. The highest BCUT2D eigenvalue weighted by molar-refractivity contribution is 7.17. The fourth-order valence-electron chi connectivity index (χ4n) is 2.30. The Labute approximate surface area is 164 Å². The van der Waals surface area contributed by atoms with E-state index < -0.39 is 18.7 Å². The van der Waals surface area contributed by atoms with Gasteiger partial charge in [0.1, 0.15) is 21.2 Å². The molecule has 2 rings (SSSR count). The van der Waals surface area contributed by atoms with Crippen LogP contribution in [0, 0.1) is 12.8 Å². The van der Waals surface area contributed by atoms with Crippen molar-refractivity contribution < 1.29 is 24.3 Å². The molecule has 0 atom stereocenters. The van der Waals surface area contributed by atoms with Gasteiger partial charge >= 0.3 is 13.1 Å². The maximum atomic E-state index is 12.4. The first-order valence-corrected chi connectivity index (χ1v) is 9.63. The summed E-state index contributed by atoms with van der Waals surface area (Å²) in [6.07, 6.45) is 0. The Morgan fingerprint density at radius 3 is 2.52 bits per heavy atom. The number of carbonyl (C=O) groups is 1. The van der Waals surface area contributed by atoms with E-state index in [1.54, 1.807) is 25.1 Å². The average Bonchev–Trinajstić information content (AvgIpc) is 2.93. The summed E-state index contributed by atoms with van der Waals surface area (Å²) in [5, 5.41) is 20.0. The van der Waals surface area contributed by atoms with Crippen molar-refractivity contribution in [3.05, 3.63) is 28.8 Å². The van der Waals surface area contributed by atoms with Gasteiger partial charge in [-0.2, -0.15) is 0 Å². The fraction of sp³-hybridized carbons (Fsp3) is 0.474. The molecule has 0 aliphatic heterocycles. The largest absolute Gasteiger partial charge is 0.494 e. The molecule has 27 heavy (non-hydrogen) atoms. The minimum absolute atomic E-state index is 0.264. The van der Waals surface area contributed by atoms with Gasteiger partial charge in [-0.25, -0.2) is 9.78 Å². The molecule has 0 fully saturated rings.